The van der Waals surface area contributed by atoms with Gasteiger partial charge in [0.25, 0.3) is 0 Å². The second-order valence-electron chi connectivity index (χ2n) is 14.1. The average Bonchev–Trinajstić information content (AvgIpc) is 3.83. The van der Waals surface area contributed by atoms with Crippen molar-refractivity contribution in [3.8, 4) is 33.4 Å². The Balaban J connectivity index is 1.14. The molecule has 0 N–H and O–H groups in total. The maximum absolute atomic E-state index is 2.45. The predicted molar refractivity (Wildman–Crippen MR) is 241 cm³/mol. The molecule has 0 bridgehead atoms. The molecule has 0 fully saturated rings. The predicted octanol–water partition coefficient (Wildman–Crippen LogP) is 16.0. The fourth-order valence-corrected chi connectivity index (χ4v) is 10.5. The summed E-state index contributed by atoms with van der Waals surface area (Å²) < 4.78 is 5.23. The molecule has 258 valence electrons. The quantitative estimate of drug-likeness (QED) is 0.164. The highest BCUT2D eigenvalue weighted by atomic mass is 32.1. The second kappa shape index (κ2) is 13.1. The lowest BCUT2D eigenvalue weighted by atomic mass is 9.94. The van der Waals surface area contributed by atoms with Crippen LogP contribution in [-0.4, -0.2) is 0 Å². The van der Waals surface area contributed by atoms with Crippen molar-refractivity contribution in [3.05, 3.63) is 200 Å². The van der Waals surface area contributed by atoms with Gasteiger partial charge in [0.15, 0.2) is 0 Å². The summed E-state index contributed by atoms with van der Waals surface area (Å²) in [5, 5.41) is 7.72. The third-order valence-electron chi connectivity index (χ3n) is 10.9. The molecule has 55 heavy (non-hydrogen) atoms. The maximum Gasteiger partial charge on any atom is 0.0547 e. The largest absolute Gasteiger partial charge is 0.310 e. The van der Waals surface area contributed by atoms with E-state index in [4.69, 9.17) is 0 Å². The van der Waals surface area contributed by atoms with Gasteiger partial charge in [-0.25, -0.2) is 0 Å². The molecule has 3 heteroatoms. The minimum atomic E-state index is 1.11. The summed E-state index contributed by atoms with van der Waals surface area (Å²) >= 11 is 3.74. The van der Waals surface area contributed by atoms with Gasteiger partial charge in [-0.1, -0.05) is 140 Å². The Hall–Kier alpha value is -6.52. The first-order valence-corrected chi connectivity index (χ1v) is 20.3. The monoisotopic (exact) mass is 735 g/mol. The van der Waals surface area contributed by atoms with Crippen LogP contribution >= 0.6 is 22.7 Å². The zero-order valence-electron chi connectivity index (χ0n) is 29.8. The number of thiophene rings is 2. The minimum Gasteiger partial charge on any atom is -0.310 e. The summed E-state index contributed by atoms with van der Waals surface area (Å²) in [6.07, 6.45) is 0. The van der Waals surface area contributed by atoms with Crippen LogP contribution in [0.3, 0.4) is 0 Å². The molecule has 0 aliphatic rings. The zero-order valence-corrected chi connectivity index (χ0v) is 31.4. The number of rotatable bonds is 6. The van der Waals surface area contributed by atoms with Gasteiger partial charge < -0.3 is 4.90 Å². The van der Waals surface area contributed by atoms with E-state index in [2.05, 4.69) is 205 Å². The number of benzene rings is 9. The molecule has 0 spiro atoms. The molecule has 2 heterocycles. The van der Waals surface area contributed by atoms with Gasteiger partial charge in [-0.05, 0) is 99.3 Å². The molecule has 2 aromatic heterocycles. The van der Waals surface area contributed by atoms with Crippen molar-refractivity contribution in [3.63, 3.8) is 0 Å². The van der Waals surface area contributed by atoms with Crippen LogP contribution in [0.25, 0.3) is 84.5 Å². The van der Waals surface area contributed by atoms with Crippen LogP contribution in [0.1, 0.15) is 0 Å². The van der Waals surface area contributed by atoms with E-state index in [1.165, 1.54) is 84.5 Å². The molecule has 0 amide bonds. The highest BCUT2D eigenvalue weighted by molar-refractivity contribution is 7.26. The van der Waals surface area contributed by atoms with Gasteiger partial charge in [-0.2, -0.15) is 0 Å². The molecule has 0 radical (unpaired) electrons. The molecule has 0 saturated carbocycles. The van der Waals surface area contributed by atoms with Gasteiger partial charge in [0.1, 0.15) is 0 Å². The Kier molecular flexibility index (Phi) is 7.61. The molecule has 0 atom stereocenters. The second-order valence-corrected chi connectivity index (χ2v) is 16.2. The van der Waals surface area contributed by atoms with Crippen LogP contribution in [0.4, 0.5) is 17.1 Å². The highest BCUT2D eigenvalue weighted by Crippen LogP contribution is 2.49. The summed E-state index contributed by atoms with van der Waals surface area (Å²) in [5.74, 6) is 0. The van der Waals surface area contributed by atoms with Crippen LogP contribution in [0.15, 0.2) is 200 Å². The Morgan fingerprint density at radius 1 is 0.327 bits per heavy atom. The van der Waals surface area contributed by atoms with Crippen molar-refractivity contribution in [2.24, 2.45) is 0 Å². The number of nitrogens with zero attached hydrogens (tertiary/aromatic N) is 1. The fourth-order valence-electron chi connectivity index (χ4n) is 8.30. The number of anilines is 3. The van der Waals surface area contributed by atoms with Gasteiger partial charge in [0, 0.05) is 57.3 Å². The van der Waals surface area contributed by atoms with Crippen LogP contribution < -0.4 is 4.90 Å². The molecule has 0 saturated heterocycles. The lowest BCUT2D eigenvalue weighted by Gasteiger charge is -2.29. The molecule has 0 aliphatic heterocycles. The van der Waals surface area contributed by atoms with E-state index >= 15 is 0 Å². The van der Waals surface area contributed by atoms with E-state index in [0.717, 1.165) is 17.1 Å². The van der Waals surface area contributed by atoms with Crippen LogP contribution in [-0.2, 0) is 0 Å². The molecule has 11 rings (SSSR count). The number of hydrogen-bond acceptors (Lipinski definition) is 3. The van der Waals surface area contributed by atoms with Crippen molar-refractivity contribution in [2.75, 3.05) is 4.90 Å². The van der Waals surface area contributed by atoms with E-state index in [1.54, 1.807) is 0 Å². The first kappa shape index (κ1) is 32.0. The first-order valence-electron chi connectivity index (χ1n) is 18.7. The molecular weight excluding hydrogens is 703 g/mol. The number of hydrogen-bond donors (Lipinski definition) is 0. The fraction of sp³-hybridized carbons (Fsp3) is 0. The van der Waals surface area contributed by atoms with Crippen molar-refractivity contribution >= 4 is 90.9 Å². The van der Waals surface area contributed by atoms with E-state index in [0.29, 0.717) is 0 Å². The van der Waals surface area contributed by atoms with Gasteiger partial charge in [-0.3, -0.25) is 0 Å². The Morgan fingerprint density at radius 2 is 0.873 bits per heavy atom. The van der Waals surface area contributed by atoms with E-state index in [1.807, 2.05) is 22.7 Å². The van der Waals surface area contributed by atoms with E-state index in [-0.39, 0.29) is 0 Å². The Bertz CT molecular complexity index is 3190. The van der Waals surface area contributed by atoms with E-state index < -0.39 is 0 Å². The van der Waals surface area contributed by atoms with Crippen molar-refractivity contribution in [1.29, 1.82) is 0 Å². The normalized spacial score (nSPS) is 11.6. The molecule has 11 aromatic rings. The van der Waals surface area contributed by atoms with Crippen molar-refractivity contribution < 1.29 is 0 Å². The highest BCUT2D eigenvalue weighted by Gasteiger charge is 2.23. The SMILES string of the molecule is c1ccc(-c2ccc(N(c3ccc(-c4cccc5sc6ccccc6c45)cc3)c3ccc4sc5ccccc5c4c3-c3ccc4ccccc4c3)cc2)cc1. The summed E-state index contributed by atoms with van der Waals surface area (Å²) in [4.78, 5) is 2.45. The third-order valence-corrected chi connectivity index (χ3v) is 13.1. The lowest BCUT2D eigenvalue weighted by Crippen LogP contribution is -2.11. The van der Waals surface area contributed by atoms with Crippen LogP contribution in [0, 0.1) is 0 Å². The number of fused-ring (bicyclic) bond motifs is 7. The minimum absolute atomic E-state index is 1.11. The zero-order chi connectivity index (χ0) is 36.3. The molecule has 1 nitrogen and oxygen atoms in total. The van der Waals surface area contributed by atoms with Gasteiger partial charge in [0.05, 0.1) is 5.69 Å². The summed E-state index contributed by atoms with van der Waals surface area (Å²) in [5.41, 5.74) is 10.7. The van der Waals surface area contributed by atoms with Crippen LogP contribution in [0.5, 0.6) is 0 Å². The van der Waals surface area contributed by atoms with Crippen LogP contribution in [0.2, 0.25) is 0 Å². The van der Waals surface area contributed by atoms with Gasteiger partial charge in [0.2, 0.25) is 0 Å². The topological polar surface area (TPSA) is 3.24 Å². The van der Waals surface area contributed by atoms with Gasteiger partial charge in [-0.15, -0.1) is 22.7 Å². The van der Waals surface area contributed by atoms with Crippen molar-refractivity contribution in [1.82, 2.24) is 0 Å². The standard InChI is InChI=1S/C52H33NS2/c1-2-11-34(12-3-1)36-23-27-40(28-24-36)53(41-29-25-37(26-30-41)42-17-10-20-48-51(42)43-15-6-8-18-46(43)54-48)45-31-32-49-52(44-16-7-9-19-47(44)55-49)50(45)39-22-21-35-13-4-5-14-38(35)33-39/h1-33H. The Labute approximate surface area is 327 Å². The molecule has 9 aromatic carbocycles. The Morgan fingerprint density at radius 3 is 1.60 bits per heavy atom. The first-order chi connectivity index (χ1) is 27.3. The summed E-state index contributed by atoms with van der Waals surface area (Å²) in [7, 11) is 0. The lowest BCUT2D eigenvalue weighted by molar-refractivity contribution is 1.29. The molecular formula is C52H33NS2. The van der Waals surface area contributed by atoms with E-state index in [9.17, 15) is 0 Å². The summed E-state index contributed by atoms with van der Waals surface area (Å²) in [6, 6.07) is 73.5. The van der Waals surface area contributed by atoms with Gasteiger partial charge >= 0.3 is 0 Å². The third kappa shape index (κ3) is 5.43. The average molecular weight is 736 g/mol. The molecule has 0 unspecified atom stereocenters. The van der Waals surface area contributed by atoms with Crippen molar-refractivity contribution in [2.45, 2.75) is 0 Å². The maximum atomic E-state index is 2.45. The smallest absolute Gasteiger partial charge is 0.0547 e. The molecule has 0 aliphatic carbocycles. The summed E-state index contributed by atoms with van der Waals surface area (Å²) in [6.45, 7) is 0.